The van der Waals surface area contributed by atoms with E-state index in [-0.39, 0.29) is 6.54 Å². The lowest BCUT2D eigenvalue weighted by atomic mass is 10.2. The largest absolute Gasteiger partial charge is 0.494 e. The molecule has 22 heavy (non-hydrogen) atoms. The molecule has 3 N–H and O–H groups in total. The summed E-state index contributed by atoms with van der Waals surface area (Å²) in [5, 5.41) is 12.7. The molecule has 7 heteroatoms. The second-order valence-electron chi connectivity index (χ2n) is 5.28. The highest BCUT2D eigenvalue weighted by Gasteiger charge is 2.20. The van der Waals surface area contributed by atoms with Gasteiger partial charge in [-0.3, -0.25) is 19.1 Å². The van der Waals surface area contributed by atoms with Crippen molar-refractivity contribution in [3.8, 4) is 5.88 Å². The van der Waals surface area contributed by atoms with Crippen LogP contribution in [0.5, 0.6) is 5.88 Å². The number of hydrogen-bond donors (Lipinski definition) is 3. The molecule has 7 nitrogen and oxygen atoms in total. The van der Waals surface area contributed by atoms with Gasteiger partial charge in [-0.1, -0.05) is 39.5 Å². The molecule has 1 aromatic heterocycles. The van der Waals surface area contributed by atoms with Gasteiger partial charge in [-0.15, -0.1) is 0 Å². The molecule has 0 unspecified atom stereocenters. The Balaban J connectivity index is 2.95. The van der Waals surface area contributed by atoms with Crippen LogP contribution in [0.3, 0.4) is 0 Å². The van der Waals surface area contributed by atoms with Gasteiger partial charge in [-0.2, -0.15) is 0 Å². The summed E-state index contributed by atoms with van der Waals surface area (Å²) < 4.78 is 1.05. The molecule has 0 aliphatic carbocycles. The predicted octanol–water partition coefficient (Wildman–Crippen LogP) is 1.35. The van der Waals surface area contributed by atoms with E-state index in [0.29, 0.717) is 13.0 Å². The zero-order valence-corrected chi connectivity index (χ0v) is 13.3. The average Bonchev–Trinajstić information content (AvgIpc) is 2.46. The van der Waals surface area contributed by atoms with Crippen LogP contribution >= 0.6 is 0 Å². The van der Waals surface area contributed by atoms with Crippen molar-refractivity contribution in [1.29, 1.82) is 0 Å². The van der Waals surface area contributed by atoms with Gasteiger partial charge in [-0.25, -0.2) is 4.79 Å². The van der Waals surface area contributed by atoms with Gasteiger partial charge in [0.1, 0.15) is 0 Å². The maximum absolute atomic E-state index is 12.0. The van der Waals surface area contributed by atoms with Gasteiger partial charge in [0.15, 0.2) is 5.56 Å². The van der Waals surface area contributed by atoms with Crippen molar-refractivity contribution in [1.82, 2.24) is 14.9 Å². The van der Waals surface area contributed by atoms with E-state index < -0.39 is 28.6 Å². The van der Waals surface area contributed by atoms with Gasteiger partial charge < -0.3 is 10.4 Å². The van der Waals surface area contributed by atoms with Crippen LogP contribution < -0.4 is 16.6 Å². The highest BCUT2D eigenvalue weighted by Crippen LogP contribution is 2.11. The number of aromatic hydroxyl groups is 1. The fourth-order valence-electron chi connectivity index (χ4n) is 2.14. The van der Waals surface area contributed by atoms with Crippen LogP contribution in [0.15, 0.2) is 9.59 Å². The number of carbonyl (C=O) groups excluding carboxylic acids is 1. The van der Waals surface area contributed by atoms with Gasteiger partial charge in [0.05, 0.1) is 0 Å². The standard InChI is InChI=1S/C15H25N3O4/c1-3-5-7-8-10-18-14(21)11(13(20)17-15(18)22)12(19)16-9-6-4-2/h21H,3-10H2,1-2H3,(H,16,19)(H,17,20,22). The summed E-state index contributed by atoms with van der Waals surface area (Å²) in [6, 6.07) is 0. The third-order valence-corrected chi connectivity index (χ3v) is 3.45. The highest BCUT2D eigenvalue weighted by atomic mass is 16.3. The first-order valence-electron chi connectivity index (χ1n) is 7.87. The maximum atomic E-state index is 12.0. The first kappa shape index (κ1) is 18.0. The summed E-state index contributed by atoms with van der Waals surface area (Å²) in [6.45, 7) is 4.75. The van der Waals surface area contributed by atoms with Crippen molar-refractivity contribution < 1.29 is 9.90 Å². The van der Waals surface area contributed by atoms with E-state index in [9.17, 15) is 19.5 Å². The van der Waals surface area contributed by atoms with Crippen LogP contribution in [0.25, 0.3) is 0 Å². The molecule has 0 aromatic carbocycles. The third kappa shape index (κ3) is 4.75. The minimum atomic E-state index is -0.860. The topological polar surface area (TPSA) is 104 Å². The summed E-state index contributed by atoms with van der Waals surface area (Å²) in [5.41, 5.74) is -1.95. The number of unbranched alkanes of at least 4 members (excludes halogenated alkanes) is 4. The number of aromatic amines is 1. The Morgan fingerprint density at radius 3 is 2.45 bits per heavy atom. The molecule has 0 spiro atoms. The second-order valence-corrected chi connectivity index (χ2v) is 5.28. The molecule has 0 aliphatic rings. The van der Waals surface area contributed by atoms with Crippen LogP contribution in [-0.2, 0) is 6.54 Å². The van der Waals surface area contributed by atoms with Crippen molar-refractivity contribution in [3.05, 3.63) is 26.4 Å². The Morgan fingerprint density at radius 2 is 1.82 bits per heavy atom. The molecule has 1 rings (SSSR count). The van der Waals surface area contributed by atoms with Gasteiger partial charge in [0.2, 0.25) is 5.88 Å². The molecule has 0 saturated carbocycles. The second kappa shape index (κ2) is 9.07. The third-order valence-electron chi connectivity index (χ3n) is 3.45. The fraction of sp³-hybridized carbons (Fsp3) is 0.667. The minimum Gasteiger partial charge on any atom is -0.494 e. The lowest BCUT2D eigenvalue weighted by Gasteiger charge is -2.11. The Kier molecular flexibility index (Phi) is 7.42. The zero-order chi connectivity index (χ0) is 16.5. The van der Waals surface area contributed by atoms with E-state index in [1.54, 1.807) is 0 Å². The molecule has 124 valence electrons. The van der Waals surface area contributed by atoms with E-state index >= 15 is 0 Å². The van der Waals surface area contributed by atoms with Crippen LogP contribution in [-0.4, -0.2) is 27.1 Å². The number of H-pyrrole nitrogens is 1. The maximum Gasteiger partial charge on any atom is 0.331 e. The van der Waals surface area contributed by atoms with E-state index in [1.165, 1.54) is 0 Å². The van der Waals surface area contributed by atoms with E-state index in [0.717, 1.165) is 36.7 Å². The molecule has 0 saturated heterocycles. The molecular formula is C15H25N3O4. The lowest BCUT2D eigenvalue weighted by molar-refractivity contribution is 0.0946. The summed E-state index contributed by atoms with van der Waals surface area (Å²) in [6.07, 6.45) is 5.38. The van der Waals surface area contributed by atoms with Gasteiger partial charge in [0.25, 0.3) is 11.5 Å². The van der Waals surface area contributed by atoms with Crippen molar-refractivity contribution in [2.75, 3.05) is 6.54 Å². The predicted molar refractivity (Wildman–Crippen MR) is 84.4 cm³/mol. The molecule has 0 bridgehead atoms. The summed E-state index contributed by atoms with van der Waals surface area (Å²) in [4.78, 5) is 37.6. The van der Waals surface area contributed by atoms with Gasteiger partial charge in [-0.05, 0) is 12.8 Å². The lowest BCUT2D eigenvalue weighted by Crippen LogP contribution is -2.37. The van der Waals surface area contributed by atoms with Crippen LogP contribution in [0.2, 0.25) is 0 Å². The molecule has 0 atom stereocenters. The molecule has 1 aromatic rings. The number of hydrogen-bond acceptors (Lipinski definition) is 4. The summed E-state index contributed by atoms with van der Waals surface area (Å²) in [5.74, 6) is -1.21. The van der Waals surface area contributed by atoms with E-state index in [4.69, 9.17) is 0 Å². The molecule has 1 amide bonds. The monoisotopic (exact) mass is 311 g/mol. The molecular weight excluding hydrogens is 286 g/mol. The van der Waals surface area contributed by atoms with E-state index in [2.05, 4.69) is 17.2 Å². The Hall–Kier alpha value is -2.05. The molecule has 0 fully saturated rings. The number of nitrogens with zero attached hydrogens (tertiary/aromatic N) is 1. The smallest absolute Gasteiger partial charge is 0.331 e. The first-order valence-corrected chi connectivity index (χ1v) is 7.87. The Labute approximate surface area is 129 Å². The van der Waals surface area contributed by atoms with E-state index in [1.807, 2.05) is 6.92 Å². The van der Waals surface area contributed by atoms with Gasteiger partial charge in [0, 0.05) is 13.1 Å². The number of amides is 1. The Bertz CT molecular complexity index is 604. The first-order chi connectivity index (χ1) is 10.5. The summed E-state index contributed by atoms with van der Waals surface area (Å²) in [7, 11) is 0. The van der Waals surface area contributed by atoms with Crippen molar-refractivity contribution in [2.24, 2.45) is 0 Å². The number of rotatable bonds is 9. The van der Waals surface area contributed by atoms with Crippen molar-refractivity contribution >= 4 is 5.91 Å². The SMILES string of the molecule is CCCCCCn1c(O)c(C(=O)NCCCC)c(=O)[nH]c1=O. The number of carbonyl (C=O) groups is 1. The summed E-state index contributed by atoms with van der Waals surface area (Å²) >= 11 is 0. The van der Waals surface area contributed by atoms with Crippen molar-refractivity contribution in [2.45, 2.75) is 58.9 Å². The highest BCUT2D eigenvalue weighted by molar-refractivity contribution is 5.95. The van der Waals surface area contributed by atoms with Gasteiger partial charge >= 0.3 is 5.69 Å². The number of aromatic nitrogens is 2. The quantitative estimate of drug-likeness (QED) is 0.599. The molecule has 0 aliphatic heterocycles. The average molecular weight is 311 g/mol. The number of nitrogens with one attached hydrogen (secondary N) is 2. The molecule has 0 radical (unpaired) electrons. The zero-order valence-electron chi connectivity index (χ0n) is 13.3. The van der Waals surface area contributed by atoms with Crippen LogP contribution in [0.4, 0.5) is 0 Å². The van der Waals surface area contributed by atoms with Crippen molar-refractivity contribution in [3.63, 3.8) is 0 Å². The van der Waals surface area contributed by atoms with Crippen LogP contribution in [0.1, 0.15) is 62.7 Å². The normalized spacial score (nSPS) is 10.6. The Morgan fingerprint density at radius 1 is 1.14 bits per heavy atom. The molecule has 1 heterocycles. The van der Waals surface area contributed by atoms with Crippen LogP contribution in [0, 0.1) is 0 Å². The minimum absolute atomic E-state index is 0.274. The fourth-order valence-corrected chi connectivity index (χ4v) is 2.14.